The smallest absolute Gasteiger partial charge is 0.0322 e. The highest BCUT2D eigenvalue weighted by molar-refractivity contribution is 4.89. The molecular formula is C12H20. The van der Waals surface area contributed by atoms with Gasteiger partial charge in [0.15, 0.2) is 0 Å². The Morgan fingerprint density at radius 3 is 2.92 bits per heavy atom. The zero-order valence-corrected chi connectivity index (χ0v) is 7.97. The van der Waals surface area contributed by atoms with Gasteiger partial charge in [-0.05, 0) is 38.0 Å². The largest absolute Gasteiger partial charge is 0.103 e. The zero-order chi connectivity index (χ0) is 8.65. The van der Waals surface area contributed by atoms with Crippen LogP contribution in [0.25, 0.3) is 0 Å². The fourth-order valence-electron chi connectivity index (χ4n) is 1.84. The van der Waals surface area contributed by atoms with Gasteiger partial charge < -0.3 is 0 Å². The second-order valence-corrected chi connectivity index (χ2v) is 3.72. The van der Waals surface area contributed by atoms with E-state index in [0.717, 1.165) is 5.92 Å². The van der Waals surface area contributed by atoms with Crippen LogP contribution in [0.15, 0.2) is 24.8 Å². The van der Waals surface area contributed by atoms with Crippen LogP contribution in [0.4, 0.5) is 0 Å². The van der Waals surface area contributed by atoms with Gasteiger partial charge in [-0.25, -0.2) is 0 Å². The maximum Gasteiger partial charge on any atom is -0.0322 e. The topological polar surface area (TPSA) is 0 Å². The first-order valence-electron chi connectivity index (χ1n) is 5.19. The van der Waals surface area contributed by atoms with Crippen molar-refractivity contribution in [2.24, 2.45) is 5.92 Å². The van der Waals surface area contributed by atoms with Gasteiger partial charge in [-0.15, -0.1) is 6.58 Å². The lowest BCUT2D eigenvalue weighted by atomic mass is 9.90. The van der Waals surface area contributed by atoms with Crippen LogP contribution in [0.5, 0.6) is 0 Å². The van der Waals surface area contributed by atoms with Crippen LogP contribution in [0.2, 0.25) is 0 Å². The average molecular weight is 164 g/mol. The summed E-state index contributed by atoms with van der Waals surface area (Å²) in [5, 5.41) is 0. The first kappa shape index (κ1) is 9.57. The summed E-state index contributed by atoms with van der Waals surface area (Å²) in [6.07, 6.45) is 16.1. The molecule has 0 radical (unpaired) electrons. The van der Waals surface area contributed by atoms with Crippen molar-refractivity contribution in [3.8, 4) is 0 Å². The SMILES string of the molecule is C=CCCCCC1CC=CCC1. The number of rotatable bonds is 5. The molecule has 1 rings (SSSR count). The fraction of sp³-hybridized carbons (Fsp3) is 0.667. The lowest BCUT2D eigenvalue weighted by molar-refractivity contribution is 0.426. The molecule has 0 fully saturated rings. The van der Waals surface area contributed by atoms with Crippen LogP contribution in [0, 0.1) is 5.92 Å². The van der Waals surface area contributed by atoms with Crippen molar-refractivity contribution in [3.05, 3.63) is 24.8 Å². The van der Waals surface area contributed by atoms with Crippen LogP contribution in [0.3, 0.4) is 0 Å². The molecule has 12 heavy (non-hydrogen) atoms. The Hall–Kier alpha value is -0.520. The Labute approximate surface area is 76.4 Å². The second kappa shape index (κ2) is 6.05. The molecule has 1 unspecified atom stereocenters. The van der Waals surface area contributed by atoms with Gasteiger partial charge in [0, 0.05) is 0 Å². The first-order valence-corrected chi connectivity index (χ1v) is 5.19. The van der Waals surface area contributed by atoms with Crippen LogP contribution in [-0.2, 0) is 0 Å². The van der Waals surface area contributed by atoms with Crippen molar-refractivity contribution in [2.45, 2.75) is 44.9 Å². The molecule has 0 N–H and O–H groups in total. The number of hydrogen-bond acceptors (Lipinski definition) is 0. The normalized spacial score (nSPS) is 22.5. The van der Waals surface area contributed by atoms with E-state index in [1.165, 1.54) is 44.9 Å². The minimum atomic E-state index is 0.986. The third-order valence-electron chi connectivity index (χ3n) is 2.65. The van der Waals surface area contributed by atoms with Gasteiger partial charge in [0.05, 0.1) is 0 Å². The Bertz CT molecular complexity index is 144. The van der Waals surface area contributed by atoms with Gasteiger partial charge in [-0.1, -0.05) is 31.1 Å². The van der Waals surface area contributed by atoms with E-state index in [1.807, 2.05) is 6.08 Å². The van der Waals surface area contributed by atoms with E-state index >= 15 is 0 Å². The molecule has 0 aromatic rings. The Kier molecular flexibility index (Phi) is 4.82. The molecule has 68 valence electrons. The summed E-state index contributed by atoms with van der Waals surface area (Å²) >= 11 is 0. The first-order chi connectivity index (χ1) is 5.93. The van der Waals surface area contributed by atoms with E-state index in [1.54, 1.807) is 0 Å². The molecule has 1 atom stereocenters. The van der Waals surface area contributed by atoms with Gasteiger partial charge in [-0.2, -0.15) is 0 Å². The second-order valence-electron chi connectivity index (χ2n) is 3.72. The molecular weight excluding hydrogens is 144 g/mol. The molecule has 0 nitrogen and oxygen atoms in total. The standard InChI is InChI=1S/C12H20/c1-2-3-4-6-9-12-10-7-5-8-11-12/h2,5,7,12H,1,3-4,6,8-11H2. The molecule has 0 heterocycles. The molecule has 0 heteroatoms. The Morgan fingerprint density at radius 2 is 2.25 bits per heavy atom. The molecule has 0 aliphatic heterocycles. The fourth-order valence-corrected chi connectivity index (χ4v) is 1.84. The van der Waals surface area contributed by atoms with E-state index in [4.69, 9.17) is 0 Å². The maximum atomic E-state index is 3.73. The summed E-state index contributed by atoms with van der Waals surface area (Å²) in [6.45, 7) is 3.73. The summed E-state index contributed by atoms with van der Waals surface area (Å²) in [4.78, 5) is 0. The molecule has 0 spiro atoms. The third kappa shape index (κ3) is 3.75. The van der Waals surface area contributed by atoms with Gasteiger partial charge >= 0.3 is 0 Å². The molecule has 0 bridgehead atoms. The van der Waals surface area contributed by atoms with Crippen LogP contribution < -0.4 is 0 Å². The number of allylic oxidation sites excluding steroid dienone is 3. The van der Waals surface area contributed by atoms with Gasteiger partial charge in [0.1, 0.15) is 0 Å². The summed E-state index contributed by atoms with van der Waals surface area (Å²) in [6, 6.07) is 0. The van der Waals surface area contributed by atoms with E-state index in [-0.39, 0.29) is 0 Å². The Balaban J connectivity index is 1.99. The Morgan fingerprint density at radius 1 is 1.33 bits per heavy atom. The highest BCUT2D eigenvalue weighted by atomic mass is 14.1. The minimum Gasteiger partial charge on any atom is -0.103 e. The molecule has 0 aromatic heterocycles. The third-order valence-corrected chi connectivity index (χ3v) is 2.65. The maximum absolute atomic E-state index is 3.73. The number of hydrogen-bond donors (Lipinski definition) is 0. The molecule has 1 aliphatic carbocycles. The highest BCUT2D eigenvalue weighted by Crippen LogP contribution is 2.23. The summed E-state index contributed by atoms with van der Waals surface area (Å²) < 4.78 is 0. The predicted octanol–water partition coefficient (Wildman–Crippen LogP) is 4.09. The van der Waals surface area contributed by atoms with Crippen LogP contribution in [0.1, 0.15) is 44.9 Å². The van der Waals surface area contributed by atoms with Crippen LogP contribution in [-0.4, -0.2) is 0 Å². The average Bonchev–Trinajstić information content (AvgIpc) is 2.14. The highest BCUT2D eigenvalue weighted by Gasteiger charge is 2.08. The predicted molar refractivity (Wildman–Crippen MR) is 55.1 cm³/mol. The minimum absolute atomic E-state index is 0.986. The van der Waals surface area contributed by atoms with Crippen LogP contribution >= 0.6 is 0 Å². The quantitative estimate of drug-likeness (QED) is 0.424. The molecule has 0 aromatic carbocycles. The lowest BCUT2D eigenvalue weighted by Gasteiger charge is -2.16. The van der Waals surface area contributed by atoms with E-state index in [0.29, 0.717) is 0 Å². The van der Waals surface area contributed by atoms with Crippen molar-refractivity contribution in [2.75, 3.05) is 0 Å². The van der Waals surface area contributed by atoms with Gasteiger partial charge in [0.2, 0.25) is 0 Å². The van der Waals surface area contributed by atoms with E-state index in [2.05, 4.69) is 18.7 Å². The summed E-state index contributed by atoms with van der Waals surface area (Å²) in [5.74, 6) is 0.986. The van der Waals surface area contributed by atoms with Gasteiger partial charge in [0.25, 0.3) is 0 Å². The number of unbranched alkanes of at least 4 members (excludes halogenated alkanes) is 2. The van der Waals surface area contributed by atoms with Gasteiger partial charge in [-0.3, -0.25) is 0 Å². The van der Waals surface area contributed by atoms with Crippen molar-refractivity contribution >= 4 is 0 Å². The molecule has 1 aliphatic rings. The molecule has 0 saturated carbocycles. The van der Waals surface area contributed by atoms with Crippen molar-refractivity contribution in [3.63, 3.8) is 0 Å². The zero-order valence-electron chi connectivity index (χ0n) is 7.97. The summed E-state index contributed by atoms with van der Waals surface area (Å²) in [7, 11) is 0. The molecule has 0 saturated heterocycles. The van der Waals surface area contributed by atoms with Crippen molar-refractivity contribution in [1.82, 2.24) is 0 Å². The van der Waals surface area contributed by atoms with Crippen molar-refractivity contribution < 1.29 is 0 Å². The van der Waals surface area contributed by atoms with Crippen molar-refractivity contribution in [1.29, 1.82) is 0 Å². The molecule has 0 amide bonds. The van der Waals surface area contributed by atoms with E-state index in [9.17, 15) is 0 Å². The van der Waals surface area contributed by atoms with E-state index < -0.39 is 0 Å². The summed E-state index contributed by atoms with van der Waals surface area (Å²) in [5.41, 5.74) is 0. The lowest BCUT2D eigenvalue weighted by Crippen LogP contribution is -2.01. The monoisotopic (exact) mass is 164 g/mol.